The van der Waals surface area contributed by atoms with Crippen molar-refractivity contribution >= 4 is 11.9 Å². The predicted octanol–water partition coefficient (Wildman–Crippen LogP) is 2.36. The van der Waals surface area contributed by atoms with Crippen molar-refractivity contribution in [3.8, 4) is 12.1 Å². The minimum Gasteiger partial charge on any atom is -0.259 e. The largest absolute Gasteiger partial charge is 0.259 e. The van der Waals surface area contributed by atoms with Gasteiger partial charge in [-0.2, -0.15) is 10.5 Å². The van der Waals surface area contributed by atoms with Gasteiger partial charge in [0, 0.05) is 0 Å². The molecule has 0 bridgehead atoms. The summed E-state index contributed by atoms with van der Waals surface area (Å²) in [6.07, 6.45) is -0.941. The van der Waals surface area contributed by atoms with Crippen LogP contribution in [0.25, 0.3) is 0 Å². The molecule has 0 aliphatic heterocycles. The number of hydrogen-bond acceptors (Lipinski definition) is 3. The minimum absolute atomic E-state index is 0.654. The average molecular weight is 207 g/mol. The highest BCUT2D eigenvalue weighted by Gasteiger charge is 2.23. The quantitative estimate of drug-likeness (QED) is 0.763. The lowest BCUT2D eigenvalue weighted by atomic mass is 9.96. The molecule has 0 heterocycles. The fourth-order valence-corrected chi connectivity index (χ4v) is 1.27. The summed E-state index contributed by atoms with van der Waals surface area (Å²) in [4.78, 5) is 0. The second-order valence-corrected chi connectivity index (χ2v) is 2.83. The van der Waals surface area contributed by atoms with E-state index in [0.29, 0.717) is 0 Å². The standard InChI is InChI=1S/C10H7ClN2O/c11-14-10(7-13)9(6-12)8-4-2-1-3-5-8/h1-5,9-10H. The van der Waals surface area contributed by atoms with E-state index in [1.807, 2.05) is 18.2 Å². The molecular weight excluding hydrogens is 200 g/mol. The third-order valence-corrected chi connectivity index (χ3v) is 2.02. The van der Waals surface area contributed by atoms with Crippen LogP contribution in [0.4, 0.5) is 0 Å². The summed E-state index contributed by atoms with van der Waals surface area (Å²) >= 11 is 5.12. The molecule has 0 saturated carbocycles. The molecular formula is C10H7ClN2O. The van der Waals surface area contributed by atoms with Gasteiger partial charge in [0.2, 0.25) is 0 Å². The van der Waals surface area contributed by atoms with Crippen molar-refractivity contribution in [1.82, 2.24) is 0 Å². The maximum absolute atomic E-state index is 8.87. The number of hydrogen-bond donors (Lipinski definition) is 0. The molecule has 4 heteroatoms. The Labute approximate surface area is 87.3 Å². The van der Waals surface area contributed by atoms with Crippen LogP contribution in [0.15, 0.2) is 30.3 Å². The van der Waals surface area contributed by atoms with E-state index in [-0.39, 0.29) is 0 Å². The zero-order valence-corrected chi connectivity index (χ0v) is 7.98. The Morgan fingerprint density at radius 1 is 1.14 bits per heavy atom. The molecule has 1 rings (SSSR count). The first-order valence-corrected chi connectivity index (χ1v) is 4.26. The Kier molecular flexibility index (Phi) is 3.94. The Bertz CT molecular complexity index is 366. The van der Waals surface area contributed by atoms with Crippen LogP contribution in [0.2, 0.25) is 0 Å². The Balaban J connectivity index is 2.95. The van der Waals surface area contributed by atoms with Gasteiger partial charge in [-0.25, -0.2) is 0 Å². The van der Waals surface area contributed by atoms with Gasteiger partial charge in [0.15, 0.2) is 6.10 Å². The molecule has 0 N–H and O–H groups in total. The fourth-order valence-electron chi connectivity index (χ4n) is 1.12. The van der Waals surface area contributed by atoms with Gasteiger partial charge in [0.1, 0.15) is 5.92 Å². The number of nitriles is 2. The molecule has 1 aromatic carbocycles. The summed E-state index contributed by atoms with van der Waals surface area (Å²) in [6.45, 7) is 0. The van der Waals surface area contributed by atoms with Crippen molar-refractivity contribution < 1.29 is 4.29 Å². The van der Waals surface area contributed by atoms with E-state index in [0.717, 1.165) is 5.56 Å². The molecule has 0 spiro atoms. The third-order valence-electron chi connectivity index (χ3n) is 1.82. The molecule has 0 aliphatic rings. The van der Waals surface area contributed by atoms with Gasteiger partial charge in [-0.1, -0.05) is 30.3 Å². The lowest BCUT2D eigenvalue weighted by Gasteiger charge is -2.11. The van der Waals surface area contributed by atoms with E-state index in [1.54, 1.807) is 24.3 Å². The molecule has 2 unspecified atom stereocenters. The van der Waals surface area contributed by atoms with Gasteiger partial charge in [-0.15, -0.1) is 0 Å². The van der Waals surface area contributed by atoms with Crippen molar-refractivity contribution in [3.63, 3.8) is 0 Å². The summed E-state index contributed by atoms with van der Waals surface area (Å²) in [7, 11) is 0. The van der Waals surface area contributed by atoms with Crippen LogP contribution in [-0.4, -0.2) is 6.10 Å². The molecule has 0 saturated heterocycles. The van der Waals surface area contributed by atoms with Gasteiger partial charge < -0.3 is 0 Å². The predicted molar refractivity (Wildman–Crippen MR) is 51.1 cm³/mol. The molecule has 0 amide bonds. The molecule has 70 valence electrons. The molecule has 14 heavy (non-hydrogen) atoms. The van der Waals surface area contributed by atoms with Crippen LogP contribution in [0, 0.1) is 22.7 Å². The Morgan fingerprint density at radius 3 is 2.21 bits per heavy atom. The number of benzene rings is 1. The molecule has 0 aliphatic carbocycles. The van der Waals surface area contributed by atoms with Crippen molar-refractivity contribution in [2.75, 3.05) is 0 Å². The summed E-state index contributed by atoms with van der Waals surface area (Å²) in [6, 6.07) is 12.8. The summed E-state index contributed by atoms with van der Waals surface area (Å²) in [5.74, 6) is -0.654. The SMILES string of the molecule is N#CC(OCl)C(C#N)c1ccccc1. The van der Waals surface area contributed by atoms with Crippen LogP contribution in [0.3, 0.4) is 0 Å². The van der Waals surface area contributed by atoms with Gasteiger partial charge in [-0.3, -0.25) is 4.29 Å². The van der Waals surface area contributed by atoms with Gasteiger partial charge in [0.05, 0.1) is 24.0 Å². The van der Waals surface area contributed by atoms with Gasteiger partial charge in [-0.05, 0) is 5.56 Å². The van der Waals surface area contributed by atoms with Crippen LogP contribution in [0.5, 0.6) is 0 Å². The second kappa shape index (κ2) is 5.24. The normalized spacial score (nSPS) is 13.6. The van der Waals surface area contributed by atoms with Crippen LogP contribution < -0.4 is 0 Å². The maximum atomic E-state index is 8.87. The van der Waals surface area contributed by atoms with E-state index >= 15 is 0 Å². The zero-order chi connectivity index (χ0) is 10.4. The fraction of sp³-hybridized carbons (Fsp3) is 0.200. The Morgan fingerprint density at radius 2 is 1.79 bits per heavy atom. The summed E-state index contributed by atoms with van der Waals surface area (Å²) < 4.78 is 4.40. The molecule has 3 nitrogen and oxygen atoms in total. The van der Waals surface area contributed by atoms with Crippen molar-refractivity contribution in [2.45, 2.75) is 12.0 Å². The highest BCUT2D eigenvalue weighted by Crippen LogP contribution is 2.21. The number of halogens is 1. The average Bonchev–Trinajstić information content (AvgIpc) is 2.27. The van der Waals surface area contributed by atoms with Crippen molar-refractivity contribution in [2.24, 2.45) is 0 Å². The number of rotatable bonds is 3. The third kappa shape index (κ3) is 2.23. The van der Waals surface area contributed by atoms with E-state index in [2.05, 4.69) is 4.29 Å². The van der Waals surface area contributed by atoms with E-state index in [9.17, 15) is 0 Å². The van der Waals surface area contributed by atoms with Crippen molar-refractivity contribution in [3.05, 3.63) is 35.9 Å². The first-order valence-electron chi connectivity index (χ1n) is 3.95. The molecule has 0 fully saturated rings. The highest BCUT2D eigenvalue weighted by atomic mass is 35.5. The smallest absolute Gasteiger partial charge is 0.185 e. The lowest BCUT2D eigenvalue weighted by Crippen LogP contribution is -2.15. The summed E-state index contributed by atoms with van der Waals surface area (Å²) in [5.41, 5.74) is 0.724. The highest BCUT2D eigenvalue weighted by molar-refractivity contribution is 6.07. The van der Waals surface area contributed by atoms with Crippen molar-refractivity contribution in [1.29, 1.82) is 10.5 Å². The molecule has 2 atom stereocenters. The van der Waals surface area contributed by atoms with Gasteiger partial charge in [0.25, 0.3) is 0 Å². The Hall–Kier alpha value is -1.55. The monoisotopic (exact) mass is 206 g/mol. The second-order valence-electron chi connectivity index (χ2n) is 2.66. The molecule has 0 radical (unpaired) electrons. The van der Waals surface area contributed by atoms with E-state index in [4.69, 9.17) is 22.4 Å². The lowest BCUT2D eigenvalue weighted by molar-refractivity contribution is 0.268. The first kappa shape index (κ1) is 10.5. The van der Waals surface area contributed by atoms with E-state index < -0.39 is 12.0 Å². The molecule has 1 aromatic rings. The topological polar surface area (TPSA) is 56.8 Å². The summed E-state index contributed by atoms with van der Waals surface area (Å²) in [5, 5.41) is 17.6. The zero-order valence-electron chi connectivity index (χ0n) is 7.22. The van der Waals surface area contributed by atoms with Crippen LogP contribution in [-0.2, 0) is 4.29 Å². The molecule has 0 aromatic heterocycles. The van der Waals surface area contributed by atoms with Crippen LogP contribution >= 0.6 is 11.9 Å². The van der Waals surface area contributed by atoms with Gasteiger partial charge >= 0.3 is 0 Å². The maximum Gasteiger partial charge on any atom is 0.185 e. The first-order chi connectivity index (χ1) is 6.83. The minimum atomic E-state index is -0.941. The number of nitrogens with zero attached hydrogens (tertiary/aromatic N) is 2. The van der Waals surface area contributed by atoms with E-state index in [1.165, 1.54) is 0 Å². The van der Waals surface area contributed by atoms with Crippen LogP contribution in [0.1, 0.15) is 11.5 Å².